The molecule has 0 spiro atoms. The maximum Gasteiger partial charge on any atom is 0.406 e. The first-order valence-electron chi connectivity index (χ1n) is 6.34. The first kappa shape index (κ1) is 14.0. The summed E-state index contributed by atoms with van der Waals surface area (Å²) < 4.78 is 37.6. The van der Waals surface area contributed by atoms with Gasteiger partial charge in [-0.05, 0) is 19.4 Å². The summed E-state index contributed by atoms with van der Waals surface area (Å²) in [4.78, 5) is 9.35. The third-order valence-corrected chi connectivity index (χ3v) is 2.86. The highest BCUT2D eigenvalue weighted by molar-refractivity contribution is 5.34. The van der Waals surface area contributed by atoms with Gasteiger partial charge < -0.3 is 10.2 Å². The maximum atomic E-state index is 12.5. The lowest BCUT2D eigenvalue weighted by atomic mass is 10.3. The first-order valence-corrected chi connectivity index (χ1v) is 6.34. The summed E-state index contributed by atoms with van der Waals surface area (Å²) in [6.45, 7) is 2.45. The highest BCUT2D eigenvalue weighted by Crippen LogP contribution is 2.32. The quantitative estimate of drug-likeness (QED) is 0.862. The average Bonchev–Trinajstić information content (AvgIpc) is 3.17. The molecule has 0 saturated heterocycles. The molecule has 7 heteroatoms. The van der Waals surface area contributed by atoms with Gasteiger partial charge in [-0.25, -0.2) is 9.97 Å². The maximum absolute atomic E-state index is 12.5. The molecule has 0 unspecified atom stereocenters. The Labute approximate surface area is 110 Å². The van der Waals surface area contributed by atoms with Gasteiger partial charge in [0.15, 0.2) is 0 Å². The Morgan fingerprint density at radius 2 is 1.95 bits per heavy atom. The van der Waals surface area contributed by atoms with Crippen molar-refractivity contribution < 1.29 is 13.2 Å². The third-order valence-electron chi connectivity index (χ3n) is 2.86. The lowest BCUT2D eigenvalue weighted by Crippen LogP contribution is -2.37. The molecule has 0 aliphatic heterocycles. The van der Waals surface area contributed by atoms with Crippen LogP contribution in [0.15, 0.2) is 12.4 Å². The van der Waals surface area contributed by atoms with Gasteiger partial charge in [-0.2, -0.15) is 13.2 Å². The number of halogens is 3. The molecule has 0 amide bonds. The molecule has 0 atom stereocenters. The molecule has 0 bridgehead atoms. The van der Waals surface area contributed by atoms with Gasteiger partial charge in [0, 0.05) is 30.5 Å². The second-order valence-corrected chi connectivity index (χ2v) is 4.65. The number of hydrogen-bond acceptors (Lipinski definition) is 4. The van der Waals surface area contributed by atoms with Gasteiger partial charge in [0.05, 0.1) is 0 Å². The van der Waals surface area contributed by atoms with Crippen molar-refractivity contribution in [2.24, 2.45) is 0 Å². The van der Waals surface area contributed by atoms with Crippen LogP contribution in [-0.2, 0) is 6.54 Å². The summed E-state index contributed by atoms with van der Waals surface area (Å²) in [5.41, 5.74) is 0.869. The molecule has 1 saturated carbocycles. The summed E-state index contributed by atoms with van der Waals surface area (Å²) in [6, 6.07) is -0.0683. The number of alkyl halides is 3. The minimum atomic E-state index is -4.23. The van der Waals surface area contributed by atoms with Crippen LogP contribution in [0.4, 0.5) is 19.1 Å². The van der Waals surface area contributed by atoms with Crippen molar-refractivity contribution in [2.75, 3.05) is 18.0 Å². The Balaban J connectivity index is 2.05. The van der Waals surface area contributed by atoms with E-state index in [0.29, 0.717) is 6.54 Å². The van der Waals surface area contributed by atoms with Gasteiger partial charge in [-0.1, -0.05) is 6.92 Å². The SMILES string of the molecule is CCNCc1cnc(N(CC(F)(F)F)C2CC2)nc1. The lowest BCUT2D eigenvalue weighted by molar-refractivity contribution is -0.120. The zero-order chi connectivity index (χ0) is 13.9. The van der Waals surface area contributed by atoms with Crippen LogP contribution in [0.5, 0.6) is 0 Å². The van der Waals surface area contributed by atoms with Gasteiger partial charge in [-0.15, -0.1) is 0 Å². The monoisotopic (exact) mass is 274 g/mol. The molecule has 1 aromatic heterocycles. The van der Waals surface area contributed by atoms with E-state index in [2.05, 4.69) is 15.3 Å². The number of hydrogen-bond donors (Lipinski definition) is 1. The van der Waals surface area contributed by atoms with E-state index in [4.69, 9.17) is 0 Å². The van der Waals surface area contributed by atoms with E-state index in [1.165, 1.54) is 4.90 Å². The molecule has 0 aromatic carbocycles. The van der Waals surface area contributed by atoms with Crippen molar-refractivity contribution in [2.45, 2.75) is 38.5 Å². The summed E-state index contributed by atoms with van der Waals surface area (Å²) in [5, 5.41) is 3.11. The number of rotatable bonds is 6. The first-order chi connectivity index (χ1) is 8.99. The Morgan fingerprint density at radius 1 is 1.32 bits per heavy atom. The van der Waals surface area contributed by atoms with Crippen LogP contribution in [0, 0.1) is 0 Å². The predicted octanol–water partition coefficient (Wildman–Crippen LogP) is 2.12. The van der Waals surface area contributed by atoms with Gasteiger partial charge in [0.1, 0.15) is 6.54 Å². The molecule has 106 valence electrons. The van der Waals surface area contributed by atoms with Crippen LogP contribution >= 0.6 is 0 Å². The molecule has 1 heterocycles. The Bertz CT molecular complexity index is 400. The van der Waals surface area contributed by atoms with Crippen LogP contribution in [-0.4, -0.2) is 35.3 Å². The molecule has 1 N–H and O–H groups in total. The number of anilines is 1. The van der Waals surface area contributed by atoms with Gasteiger partial charge >= 0.3 is 6.18 Å². The molecule has 1 aliphatic carbocycles. The molecule has 19 heavy (non-hydrogen) atoms. The van der Waals surface area contributed by atoms with Crippen LogP contribution in [0.2, 0.25) is 0 Å². The van der Waals surface area contributed by atoms with E-state index in [9.17, 15) is 13.2 Å². The van der Waals surface area contributed by atoms with Crippen LogP contribution in [0.25, 0.3) is 0 Å². The average molecular weight is 274 g/mol. The largest absolute Gasteiger partial charge is 0.406 e. The van der Waals surface area contributed by atoms with Crippen LogP contribution in [0.3, 0.4) is 0 Å². The third kappa shape index (κ3) is 4.34. The lowest BCUT2D eigenvalue weighted by Gasteiger charge is -2.23. The van der Waals surface area contributed by atoms with Crippen molar-refractivity contribution in [3.8, 4) is 0 Å². The van der Waals surface area contributed by atoms with Crippen molar-refractivity contribution in [3.05, 3.63) is 18.0 Å². The standard InChI is InChI=1S/C12H17F3N4/c1-2-16-5-9-6-17-11(18-7-9)19(10-3-4-10)8-12(13,14)15/h6-7,10,16H,2-5,8H2,1H3. The number of aromatic nitrogens is 2. The van der Waals surface area contributed by atoms with Crippen molar-refractivity contribution in [3.63, 3.8) is 0 Å². The second-order valence-electron chi connectivity index (χ2n) is 4.65. The highest BCUT2D eigenvalue weighted by atomic mass is 19.4. The van der Waals surface area contributed by atoms with Gasteiger partial charge in [0.2, 0.25) is 5.95 Å². The minimum absolute atomic E-state index is 0.0683. The summed E-state index contributed by atoms with van der Waals surface area (Å²) in [6.07, 6.45) is 0.485. The van der Waals surface area contributed by atoms with E-state index in [1.807, 2.05) is 6.92 Å². The van der Waals surface area contributed by atoms with Crippen molar-refractivity contribution in [1.82, 2.24) is 15.3 Å². The summed E-state index contributed by atoms with van der Waals surface area (Å²) in [5.74, 6) is 0.167. The Hall–Kier alpha value is -1.37. The smallest absolute Gasteiger partial charge is 0.329 e. The second kappa shape index (κ2) is 5.73. The fourth-order valence-electron chi connectivity index (χ4n) is 1.80. The normalized spacial score (nSPS) is 15.6. The number of nitrogens with zero attached hydrogens (tertiary/aromatic N) is 3. The number of nitrogens with one attached hydrogen (secondary N) is 1. The topological polar surface area (TPSA) is 41.1 Å². The molecule has 0 radical (unpaired) electrons. The molecule has 4 nitrogen and oxygen atoms in total. The molecule has 2 rings (SSSR count). The van der Waals surface area contributed by atoms with Crippen molar-refractivity contribution >= 4 is 5.95 Å². The minimum Gasteiger partial charge on any atom is -0.329 e. The molecule has 1 aliphatic rings. The zero-order valence-corrected chi connectivity index (χ0v) is 10.7. The van der Waals surface area contributed by atoms with Gasteiger partial charge in [0.25, 0.3) is 0 Å². The van der Waals surface area contributed by atoms with E-state index in [-0.39, 0.29) is 12.0 Å². The Morgan fingerprint density at radius 3 is 2.42 bits per heavy atom. The Kier molecular flexibility index (Phi) is 4.24. The van der Waals surface area contributed by atoms with Gasteiger partial charge in [-0.3, -0.25) is 0 Å². The fourth-order valence-corrected chi connectivity index (χ4v) is 1.80. The van der Waals surface area contributed by atoms with Crippen LogP contribution < -0.4 is 10.2 Å². The van der Waals surface area contributed by atoms with E-state index in [0.717, 1.165) is 24.9 Å². The summed E-state index contributed by atoms with van der Waals surface area (Å²) in [7, 11) is 0. The molecule has 1 fully saturated rings. The van der Waals surface area contributed by atoms with E-state index >= 15 is 0 Å². The fraction of sp³-hybridized carbons (Fsp3) is 0.667. The van der Waals surface area contributed by atoms with E-state index < -0.39 is 12.7 Å². The molecule has 1 aromatic rings. The predicted molar refractivity (Wildman–Crippen MR) is 65.8 cm³/mol. The van der Waals surface area contributed by atoms with Crippen molar-refractivity contribution in [1.29, 1.82) is 0 Å². The highest BCUT2D eigenvalue weighted by Gasteiger charge is 2.39. The molecular formula is C12H17F3N4. The van der Waals surface area contributed by atoms with Crippen LogP contribution in [0.1, 0.15) is 25.3 Å². The van der Waals surface area contributed by atoms with E-state index in [1.54, 1.807) is 12.4 Å². The molecular weight excluding hydrogens is 257 g/mol. The summed E-state index contributed by atoms with van der Waals surface area (Å²) >= 11 is 0. The zero-order valence-electron chi connectivity index (χ0n) is 10.7.